The highest BCUT2D eigenvalue weighted by atomic mass is 35.5. The molecule has 0 amide bonds. The number of carboxylic acids is 1. The molecule has 0 radical (unpaired) electrons. The van der Waals surface area contributed by atoms with E-state index in [9.17, 15) is 9.90 Å². The van der Waals surface area contributed by atoms with Crippen LogP contribution in [0.5, 0.6) is 11.5 Å². The SMILES string of the molecule is COc1ccc(-c2ccc(Cl)cc2)c(COc2ccc(-c3cc(C=C(C)C(=O)O)nn3C3CCCCC3)cc2)c1. The Morgan fingerprint density at radius 1 is 0.975 bits per heavy atom. The van der Waals surface area contributed by atoms with E-state index in [-0.39, 0.29) is 5.57 Å². The van der Waals surface area contributed by atoms with Crippen molar-refractivity contribution >= 4 is 23.6 Å². The molecule has 206 valence electrons. The normalized spacial score (nSPS) is 14.2. The molecule has 4 aromatic rings. The summed E-state index contributed by atoms with van der Waals surface area (Å²) in [5, 5.41) is 14.9. The van der Waals surface area contributed by atoms with Gasteiger partial charge in [-0.05, 0) is 91.6 Å². The van der Waals surface area contributed by atoms with E-state index in [0.29, 0.717) is 23.4 Å². The van der Waals surface area contributed by atoms with Crippen LogP contribution in [0.2, 0.25) is 5.02 Å². The lowest BCUT2D eigenvalue weighted by Crippen LogP contribution is -2.15. The maximum absolute atomic E-state index is 11.4. The number of hydrogen-bond donors (Lipinski definition) is 1. The number of carboxylic acid groups (broad SMARTS) is 1. The van der Waals surface area contributed by atoms with Crippen molar-refractivity contribution in [1.29, 1.82) is 0 Å². The van der Waals surface area contributed by atoms with Crippen LogP contribution in [0.4, 0.5) is 0 Å². The van der Waals surface area contributed by atoms with Gasteiger partial charge in [-0.3, -0.25) is 4.68 Å². The van der Waals surface area contributed by atoms with Gasteiger partial charge in [0.25, 0.3) is 0 Å². The predicted octanol–water partition coefficient (Wildman–Crippen LogP) is 8.45. The minimum absolute atomic E-state index is 0.263. The molecule has 0 aliphatic heterocycles. The van der Waals surface area contributed by atoms with Gasteiger partial charge in [0, 0.05) is 21.7 Å². The lowest BCUT2D eigenvalue weighted by atomic mass is 9.95. The second-order valence-electron chi connectivity index (χ2n) is 10.2. The Balaban J connectivity index is 1.39. The molecule has 0 spiro atoms. The van der Waals surface area contributed by atoms with Gasteiger partial charge in [-0.25, -0.2) is 4.79 Å². The summed E-state index contributed by atoms with van der Waals surface area (Å²) in [5.74, 6) is 0.579. The van der Waals surface area contributed by atoms with Gasteiger partial charge < -0.3 is 14.6 Å². The van der Waals surface area contributed by atoms with Crippen molar-refractivity contribution < 1.29 is 19.4 Å². The third kappa shape index (κ3) is 6.40. The molecule has 1 aliphatic rings. The van der Waals surface area contributed by atoms with Crippen LogP contribution in [-0.4, -0.2) is 28.0 Å². The van der Waals surface area contributed by atoms with Crippen molar-refractivity contribution in [2.75, 3.05) is 7.11 Å². The molecule has 1 heterocycles. The number of aromatic nitrogens is 2. The lowest BCUT2D eigenvalue weighted by Gasteiger charge is -2.24. The average Bonchev–Trinajstić information content (AvgIpc) is 3.40. The number of ether oxygens (including phenoxy) is 2. The molecule has 0 bridgehead atoms. The Kier molecular flexibility index (Phi) is 8.56. The second kappa shape index (κ2) is 12.4. The van der Waals surface area contributed by atoms with Crippen molar-refractivity contribution in [3.63, 3.8) is 0 Å². The maximum Gasteiger partial charge on any atom is 0.331 e. The van der Waals surface area contributed by atoms with Crippen molar-refractivity contribution in [2.45, 2.75) is 51.7 Å². The number of rotatable bonds is 9. The highest BCUT2D eigenvalue weighted by molar-refractivity contribution is 6.30. The average molecular weight is 557 g/mol. The first-order valence-electron chi connectivity index (χ1n) is 13.6. The van der Waals surface area contributed by atoms with Crippen LogP contribution < -0.4 is 9.47 Å². The number of aliphatic carboxylic acids is 1. The third-order valence-electron chi connectivity index (χ3n) is 7.39. The summed E-state index contributed by atoms with van der Waals surface area (Å²) in [6.45, 7) is 1.96. The molecule has 6 nitrogen and oxygen atoms in total. The van der Waals surface area contributed by atoms with Gasteiger partial charge in [-0.1, -0.05) is 49.1 Å². The van der Waals surface area contributed by atoms with Crippen molar-refractivity contribution in [2.24, 2.45) is 0 Å². The monoisotopic (exact) mass is 556 g/mol. The highest BCUT2D eigenvalue weighted by Gasteiger charge is 2.21. The van der Waals surface area contributed by atoms with Crippen LogP contribution in [0.25, 0.3) is 28.5 Å². The summed E-state index contributed by atoms with van der Waals surface area (Å²) >= 11 is 6.10. The van der Waals surface area contributed by atoms with Crippen molar-refractivity contribution in [1.82, 2.24) is 9.78 Å². The number of methoxy groups -OCH3 is 1. The summed E-state index contributed by atoms with van der Waals surface area (Å²) in [6, 6.07) is 24.0. The number of carbonyl (C=O) groups is 1. The smallest absolute Gasteiger partial charge is 0.331 e. The zero-order chi connectivity index (χ0) is 28.1. The number of nitrogens with zero attached hydrogens (tertiary/aromatic N) is 2. The zero-order valence-electron chi connectivity index (χ0n) is 22.8. The summed E-state index contributed by atoms with van der Waals surface area (Å²) in [4.78, 5) is 11.4. The van der Waals surface area contributed by atoms with E-state index < -0.39 is 5.97 Å². The molecule has 40 heavy (non-hydrogen) atoms. The molecule has 1 aliphatic carbocycles. The Bertz CT molecular complexity index is 1500. The van der Waals surface area contributed by atoms with Crippen molar-refractivity contribution in [3.8, 4) is 33.9 Å². The molecule has 1 aromatic heterocycles. The zero-order valence-corrected chi connectivity index (χ0v) is 23.5. The molecular weight excluding hydrogens is 524 g/mol. The van der Waals surface area contributed by atoms with E-state index in [4.69, 9.17) is 26.2 Å². The first kappa shape index (κ1) is 27.5. The molecule has 1 fully saturated rings. The molecule has 1 saturated carbocycles. The van der Waals surface area contributed by atoms with Crippen LogP contribution in [0.3, 0.4) is 0 Å². The molecular formula is C33H33ClN2O4. The summed E-state index contributed by atoms with van der Waals surface area (Å²) in [6.07, 6.45) is 7.39. The maximum atomic E-state index is 11.4. The van der Waals surface area contributed by atoms with E-state index in [1.165, 1.54) is 19.3 Å². The summed E-state index contributed by atoms with van der Waals surface area (Å²) in [5.41, 5.74) is 6.05. The first-order chi connectivity index (χ1) is 19.4. The van der Waals surface area contributed by atoms with Crippen LogP contribution in [0, 0.1) is 0 Å². The fraction of sp³-hybridized carbons (Fsp3) is 0.273. The molecule has 0 unspecified atom stereocenters. The lowest BCUT2D eigenvalue weighted by molar-refractivity contribution is -0.132. The van der Waals surface area contributed by atoms with Gasteiger partial charge in [0.2, 0.25) is 0 Å². The standard InChI is InChI=1S/C33H33ClN2O4/c1-22(33(37)38)18-27-20-32(36(35-27)28-6-4-3-5-7-28)24-10-14-29(15-11-24)40-21-25-19-30(39-2)16-17-31(25)23-8-12-26(34)13-9-23/h8-20,28H,3-7,21H2,1-2H3,(H,37,38). The third-order valence-corrected chi connectivity index (χ3v) is 7.64. The number of halogens is 1. The Morgan fingerprint density at radius 2 is 1.65 bits per heavy atom. The van der Waals surface area contributed by atoms with E-state index in [1.807, 2.05) is 72.8 Å². The van der Waals surface area contributed by atoms with E-state index in [2.05, 4.69) is 4.68 Å². The number of hydrogen-bond acceptors (Lipinski definition) is 4. The minimum Gasteiger partial charge on any atom is -0.497 e. The van der Waals surface area contributed by atoms with Gasteiger partial charge in [-0.15, -0.1) is 0 Å². The Labute approximate surface area is 239 Å². The van der Waals surface area contributed by atoms with E-state index in [0.717, 1.165) is 52.3 Å². The van der Waals surface area contributed by atoms with Gasteiger partial charge in [0.05, 0.1) is 24.5 Å². The van der Waals surface area contributed by atoms with E-state index in [1.54, 1.807) is 20.1 Å². The Hall–Kier alpha value is -4.03. The fourth-order valence-electron chi connectivity index (χ4n) is 5.20. The minimum atomic E-state index is -0.939. The largest absolute Gasteiger partial charge is 0.497 e. The first-order valence-corrected chi connectivity index (χ1v) is 14.0. The van der Waals surface area contributed by atoms with E-state index >= 15 is 0 Å². The van der Waals surface area contributed by atoms with Crippen LogP contribution in [0.1, 0.15) is 56.3 Å². The van der Waals surface area contributed by atoms with Gasteiger partial charge in [0.15, 0.2) is 0 Å². The fourth-order valence-corrected chi connectivity index (χ4v) is 5.32. The summed E-state index contributed by atoms with van der Waals surface area (Å²) in [7, 11) is 1.66. The van der Waals surface area contributed by atoms with Gasteiger partial charge >= 0.3 is 5.97 Å². The van der Waals surface area contributed by atoms with Crippen molar-refractivity contribution in [3.05, 3.63) is 94.6 Å². The molecule has 5 rings (SSSR count). The van der Waals surface area contributed by atoms with Crippen LogP contribution in [0.15, 0.2) is 78.4 Å². The highest BCUT2D eigenvalue weighted by Crippen LogP contribution is 2.34. The molecule has 1 N–H and O–H groups in total. The van der Waals surface area contributed by atoms with Gasteiger partial charge in [-0.2, -0.15) is 5.10 Å². The second-order valence-corrected chi connectivity index (χ2v) is 10.6. The van der Waals surface area contributed by atoms with Crippen LogP contribution >= 0.6 is 11.6 Å². The molecule has 7 heteroatoms. The molecule has 0 atom stereocenters. The Morgan fingerprint density at radius 3 is 2.33 bits per heavy atom. The quantitative estimate of drug-likeness (QED) is 0.209. The van der Waals surface area contributed by atoms with Crippen LogP contribution in [-0.2, 0) is 11.4 Å². The number of benzene rings is 3. The molecule has 0 saturated heterocycles. The van der Waals surface area contributed by atoms with Gasteiger partial charge in [0.1, 0.15) is 18.1 Å². The molecule has 3 aromatic carbocycles. The predicted molar refractivity (Wildman–Crippen MR) is 159 cm³/mol. The topological polar surface area (TPSA) is 73.6 Å². The summed E-state index contributed by atoms with van der Waals surface area (Å²) < 4.78 is 13.8.